The van der Waals surface area contributed by atoms with Gasteiger partial charge in [-0.25, -0.2) is 9.67 Å². The van der Waals surface area contributed by atoms with E-state index in [9.17, 15) is 4.79 Å². The van der Waals surface area contributed by atoms with Crippen LogP contribution in [0.15, 0.2) is 101 Å². The molecule has 0 fully saturated rings. The van der Waals surface area contributed by atoms with Gasteiger partial charge in [0.2, 0.25) is 0 Å². The summed E-state index contributed by atoms with van der Waals surface area (Å²) >= 11 is 1.57. The molecule has 0 atom stereocenters. The summed E-state index contributed by atoms with van der Waals surface area (Å²) in [6, 6.07) is 25.3. The normalized spacial score (nSPS) is 10.6. The number of nitrogens with zero attached hydrogens (tertiary/aromatic N) is 3. The van der Waals surface area contributed by atoms with Crippen molar-refractivity contribution in [1.82, 2.24) is 20.1 Å². The summed E-state index contributed by atoms with van der Waals surface area (Å²) in [5, 5.41) is 8.45. The first kappa shape index (κ1) is 19.0. The Morgan fingerprint density at radius 1 is 0.931 bits per heavy atom. The zero-order valence-corrected chi connectivity index (χ0v) is 16.5. The van der Waals surface area contributed by atoms with Crippen LogP contribution in [0.2, 0.25) is 0 Å². The Hall–Kier alpha value is -3.38. The van der Waals surface area contributed by atoms with Crippen LogP contribution in [0.3, 0.4) is 0 Å². The third kappa shape index (κ3) is 5.12. The molecule has 0 saturated carbocycles. The summed E-state index contributed by atoms with van der Waals surface area (Å²) < 4.78 is 1.84. The van der Waals surface area contributed by atoms with Crippen molar-refractivity contribution >= 4 is 17.7 Å². The summed E-state index contributed by atoms with van der Waals surface area (Å²) in [4.78, 5) is 17.7. The predicted octanol–water partition coefficient (Wildman–Crippen LogP) is 4.39. The van der Waals surface area contributed by atoms with Crippen molar-refractivity contribution in [3.05, 3.63) is 103 Å². The Bertz CT molecular complexity index is 1060. The third-order valence-corrected chi connectivity index (χ3v) is 5.27. The molecule has 1 N–H and O–H groups in total. The minimum absolute atomic E-state index is 0.0816. The Morgan fingerprint density at radius 2 is 1.72 bits per heavy atom. The van der Waals surface area contributed by atoms with Gasteiger partial charge in [0.15, 0.2) is 0 Å². The van der Waals surface area contributed by atoms with Crippen molar-refractivity contribution in [2.24, 2.45) is 0 Å². The maximum absolute atomic E-state index is 12.4. The lowest BCUT2D eigenvalue weighted by atomic mass is 10.2. The molecule has 0 spiro atoms. The molecule has 29 heavy (non-hydrogen) atoms. The number of nitrogens with one attached hydrogen (secondary N) is 1. The second-order valence-corrected chi connectivity index (χ2v) is 7.48. The van der Waals surface area contributed by atoms with Crippen molar-refractivity contribution in [3.8, 4) is 5.69 Å². The Morgan fingerprint density at radius 3 is 2.48 bits per heavy atom. The molecule has 2 aromatic carbocycles. The van der Waals surface area contributed by atoms with Crippen molar-refractivity contribution in [3.63, 3.8) is 0 Å². The fourth-order valence-corrected chi connectivity index (χ4v) is 3.60. The van der Waals surface area contributed by atoms with Crippen molar-refractivity contribution in [2.75, 3.05) is 6.54 Å². The minimum Gasteiger partial charge on any atom is -0.352 e. The highest BCUT2D eigenvalue weighted by Gasteiger charge is 2.07. The average molecular weight is 401 g/mol. The number of hydrogen-bond donors (Lipinski definition) is 1. The topological polar surface area (TPSA) is 59.8 Å². The van der Waals surface area contributed by atoms with Crippen molar-refractivity contribution in [2.45, 2.75) is 16.3 Å². The Kier molecular flexibility index (Phi) is 6.02. The average Bonchev–Trinajstić information content (AvgIpc) is 3.24. The monoisotopic (exact) mass is 400 g/mol. The number of hydrogen-bond acceptors (Lipinski definition) is 4. The molecule has 0 saturated heterocycles. The summed E-state index contributed by atoms with van der Waals surface area (Å²) in [7, 11) is 0. The molecule has 144 valence electrons. The van der Waals surface area contributed by atoms with E-state index >= 15 is 0 Å². The van der Waals surface area contributed by atoms with Crippen molar-refractivity contribution < 1.29 is 4.79 Å². The van der Waals surface area contributed by atoms with Crippen LogP contribution in [-0.4, -0.2) is 27.2 Å². The van der Waals surface area contributed by atoms with Crippen LogP contribution in [-0.2, 0) is 6.42 Å². The highest BCUT2D eigenvalue weighted by atomic mass is 32.2. The number of carbonyl (C=O) groups excluding carboxylic acids is 1. The van der Waals surface area contributed by atoms with Gasteiger partial charge >= 0.3 is 0 Å². The number of benzene rings is 2. The molecule has 0 bridgehead atoms. The lowest BCUT2D eigenvalue weighted by molar-refractivity contribution is 0.0954. The minimum atomic E-state index is -0.0816. The number of para-hydroxylation sites is 1. The number of carbonyl (C=O) groups is 1. The van der Waals surface area contributed by atoms with E-state index in [2.05, 4.69) is 15.4 Å². The maximum atomic E-state index is 12.4. The van der Waals surface area contributed by atoms with Crippen LogP contribution in [0.4, 0.5) is 0 Å². The van der Waals surface area contributed by atoms with E-state index in [1.54, 1.807) is 18.0 Å². The van der Waals surface area contributed by atoms with Crippen LogP contribution in [0.1, 0.15) is 16.1 Å². The van der Waals surface area contributed by atoms with E-state index in [1.165, 1.54) is 0 Å². The number of rotatable bonds is 7. The fourth-order valence-electron chi connectivity index (χ4n) is 2.83. The summed E-state index contributed by atoms with van der Waals surface area (Å²) in [6.07, 6.45) is 4.39. The van der Waals surface area contributed by atoms with Gasteiger partial charge in [0.25, 0.3) is 5.91 Å². The number of aromatic nitrogens is 3. The molecular formula is C23H20N4OS. The predicted molar refractivity (Wildman–Crippen MR) is 114 cm³/mol. The highest BCUT2D eigenvalue weighted by molar-refractivity contribution is 7.99. The fraction of sp³-hybridized carbons (Fsp3) is 0.0870. The molecule has 0 aliphatic carbocycles. The highest BCUT2D eigenvalue weighted by Crippen LogP contribution is 2.25. The van der Waals surface area contributed by atoms with Gasteiger partial charge in [0, 0.05) is 35.8 Å². The summed E-state index contributed by atoms with van der Waals surface area (Å²) in [5.41, 5.74) is 2.60. The van der Waals surface area contributed by atoms with E-state index in [1.807, 2.05) is 89.7 Å². The van der Waals surface area contributed by atoms with Gasteiger partial charge in [-0.1, -0.05) is 36.0 Å². The largest absolute Gasteiger partial charge is 0.352 e. The standard InChI is InChI=1S/C23H20N4OS/c28-23(18-9-11-21(12-10-18)29-22-8-4-5-15-24-22)25-16-13-19-14-17-27(26-19)20-6-2-1-3-7-20/h1-12,14-15,17H,13,16H2,(H,25,28). The van der Waals surface area contributed by atoms with E-state index < -0.39 is 0 Å². The molecule has 1 amide bonds. The van der Waals surface area contributed by atoms with Gasteiger partial charge < -0.3 is 5.32 Å². The van der Waals surface area contributed by atoms with Gasteiger partial charge in [-0.15, -0.1) is 0 Å². The first-order valence-electron chi connectivity index (χ1n) is 9.35. The lowest BCUT2D eigenvalue weighted by Crippen LogP contribution is -2.25. The first-order valence-corrected chi connectivity index (χ1v) is 10.2. The first-order chi connectivity index (χ1) is 14.3. The number of amides is 1. The van der Waals surface area contributed by atoms with Gasteiger partial charge in [0.1, 0.15) is 5.03 Å². The van der Waals surface area contributed by atoms with E-state index in [4.69, 9.17) is 0 Å². The SMILES string of the molecule is O=C(NCCc1ccn(-c2ccccc2)n1)c1ccc(Sc2ccccn2)cc1. The molecule has 2 heterocycles. The maximum Gasteiger partial charge on any atom is 0.251 e. The molecule has 0 radical (unpaired) electrons. The number of pyridine rings is 1. The molecule has 0 unspecified atom stereocenters. The molecule has 2 aromatic heterocycles. The second kappa shape index (κ2) is 9.21. The third-order valence-electron chi connectivity index (χ3n) is 4.31. The molecule has 6 heteroatoms. The second-order valence-electron chi connectivity index (χ2n) is 6.39. The van der Waals surface area contributed by atoms with Gasteiger partial charge in [0.05, 0.1) is 11.4 Å². The molecule has 4 rings (SSSR count). The molecular weight excluding hydrogens is 380 g/mol. The lowest BCUT2D eigenvalue weighted by Gasteiger charge is -2.06. The zero-order chi connectivity index (χ0) is 19.9. The van der Waals surface area contributed by atoms with Gasteiger partial charge in [-0.05, 0) is 54.6 Å². The van der Waals surface area contributed by atoms with E-state index in [-0.39, 0.29) is 5.91 Å². The van der Waals surface area contributed by atoms with Crippen LogP contribution < -0.4 is 5.32 Å². The van der Waals surface area contributed by atoms with Gasteiger partial charge in [-0.3, -0.25) is 4.79 Å². The summed E-state index contributed by atoms with van der Waals surface area (Å²) in [5.74, 6) is -0.0816. The van der Waals surface area contributed by atoms with Gasteiger partial charge in [-0.2, -0.15) is 5.10 Å². The Labute approximate surface area is 173 Å². The smallest absolute Gasteiger partial charge is 0.251 e. The molecule has 0 aliphatic heterocycles. The molecule has 5 nitrogen and oxygen atoms in total. The van der Waals surface area contributed by atoms with Crippen molar-refractivity contribution in [1.29, 1.82) is 0 Å². The summed E-state index contributed by atoms with van der Waals surface area (Å²) in [6.45, 7) is 0.537. The molecule has 4 aromatic rings. The molecule has 0 aliphatic rings. The van der Waals surface area contributed by atoms with Crippen LogP contribution in [0.5, 0.6) is 0 Å². The van der Waals surface area contributed by atoms with E-state index in [0.29, 0.717) is 18.5 Å². The van der Waals surface area contributed by atoms with E-state index in [0.717, 1.165) is 21.3 Å². The zero-order valence-electron chi connectivity index (χ0n) is 15.7. The van der Waals surface area contributed by atoms with Crippen LogP contribution in [0, 0.1) is 0 Å². The van der Waals surface area contributed by atoms with Crippen LogP contribution in [0.25, 0.3) is 5.69 Å². The quantitative estimate of drug-likeness (QED) is 0.500. The van der Waals surface area contributed by atoms with Crippen LogP contribution >= 0.6 is 11.8 Å². The Balaban J connectivity index is 1.28.